The van der Waals surface area contributed by atoms with Crippen molar-refractivity contribution in [2.45, 2.75) is 18.7 Å². The quantitative estimate of drug-likeness (QED) is 0.698. The van der Waals surface area contributed by atoms with E-state index in [9.17, 15) is 13.2 Å². The van der Waals surface area contributed by atoms with Gasteiger partial charge in [0.05, 0.1) is 17.2 Å². The molecule has 3 rings (SSSR count). The minimum atomic E-state index is -3.68. The van der Waals surface area contributed by atoms with Crippen LogP contribution in [0, 0.1) is 0 Å². The smallest absolute Gasteiger partial charge is 0.255 e. The Kier molecular flexibility index (Phi) is 7.36. The van der Waals surface area contributed by atoms with Crippen LogP contribution in [0.2, 0.25) is 5.02 Å². The number of hydrogen-bond donors (Lipinski definition) is 1. The molecule has 1 amide bonds. The summed E-state index contributed by atoms with van der Waals surface area (Å²) in [5.74, 6) is 0.00666. The average molecular weight is 452 g/mol. The van der Waals surface area contributed by atoms with Gasteiger partial charge in [-0.25, -0.2) is 8.42 Å². The third-order valence-electron chi connectivity index (χ3n) is 5.00. The van der Waals surface area contributed by atoms with Crippen molar-refractivity contribution in [1.29, 1.82) is 0 Å². The number of ether oxygens (including phenoxy) is 1. The maximum Gasteiger partial charge on any atom is 0.255 e. The molecule has 2 aromatic carbocycles. The highest BCUT2D eigenvalue weighted by Crippen LogP contribution is 2.30. The Labute approximate surface area is 182 Å². The number of carbonyl (C=O) groups excluding carboxylic acids is 1. The van der Waals surface area contributed by atoms with E-state index in [1.807, 2.05) is 6.92 Å². The van der Waals surface area contributed by atoms with E-state index in [0.29, 0.717) is 54.8 Å². The van der Waals surface area contributed by atoms with Gasteiger partial charge < -0.3 is 15.0 Å². The molecule has 0 spiro atoms. The molecule has 2 aromatic rings. The molecule has 162 valence electrons. The molecule has 0 atom stereocenters. The van der Waals surface area contributed by atoms with Crippen LogP contribution in [0.5, 0.6) is 5.75 Å². The second-order valence-corrected chi connectivity index (χ2v) is 9.27. The van der Waals surface area contributed by atoms with Crippen LogP contribution >= 0.6 is 11.6 Å². The zero-order chi connectivity index (χ0) is 21.7. The van der Waals surface area contributed by atoms with Crippen LogP contribution in [-0.4, -0.2) is 62.9 Å². The highest BCUT2D eigenvalue weighted by atomic mass is 35.5. The summed E-state index contributed by atoms with van der Waals surface area (Å²) in [6, 6.07) is 11.1. The number of piperazine rings is 1. The summed E-state index contributed by atoms with van der Waals surface area (Å²) in [6.45, 7) is 7.44. The van der Waals surface area contributed by atoms with Gasteiger partial charge in [0.25, 0.3) is 5.91 Å². The molecule has 1 aliphatic rings. The van der Waals surface area contributed by atoms with Crippen molar-refractivity contribution < 1.29 is 17.9 Å². The lowest BCUT2D eigenvalue weighted by molar-refractivity contribution is 0.102. The highest BCUT2D eigenvalue weighted by Gasteiger charge is 2.29. The van der Waals surface area contributed by atoms with Crippen molar-refractivity contribution in [3.8, 4) is 5.75 Å². The van der Waals surface area contributed by atoms with Gasteiger partial charge in [-0.3, -0.25) is 4.79 Å². The van der Waals surface area contributed by atoms with Crippen molar-refractivity contribution in [2.75, 3.05) is 44.6 Å². The van der Waals surface area contributed by atoms with E-state index in [2.05, 4.69) is 17.1 Å². The minimum absolute atomic E-state index is 0.122. The summed E-state index contributed by atoms with van der Waals surface area (Å²) in [6.07, 6.45) is 0. The average Bonchev–Trinajstić information content (AvgIpc) is 2.75. The molecule has 0 aliphatic carbocycles. The fourth-order valence-electron chi connectivity index (χ4n) is 3.31. The van der Waals surface area contributed by atoms with E-state index in [0.717, 1.165) is 6.54 Å². The van der Waals surface area contributed by atoms with Crippen LogP contribution in [0.1, 0.15) is 24.2 Å². The summed E-state index contributed by atoms with van der Waals surface area (Å²) in [5, 5.41) is 3.20. The second-order valence-electron chi connectivity index (χ2n) is 6.89. The molecule has 0 unspecified atom stereocenters. The van der Waals surface area contributed by atoms with E-state index in [4.69, 9.17) is 16.3 Å². The predicted molar refractivity (Wildman–Crippen MR) is 118 cm³/mol. The fraction of sp³-hybridized carbons (Fsp3) is 0.381. The van der Waals surface area contributed by atoms with Crippen molar-refractivity contribution in [1.82, 2.24) is 9.21 Å². The molecule has 0 saturated carbocycles. The first-order valence-corrected chi connectivity index (χ1v) is 11.7. The summed E-state index contributed by atoms with van der Waals surface area (Å²) in [4.78, 5) is 15.0. The lowest BCUT2D eigenvalue weighted by Crippen LogP contribution is -2.48. The number of benzene rings is 2. The Hall–Kier alpha value is -2.13. The number of halogens is 1. The van der Waals surface area contributed by atoms with Gasteiger partial charge in [0, 0.05) is 36.8 Å². The molecule has 1 fully saturated rings. The van der Waals surface area contributed by atoms with Crippen LogP contribution in [0.4, 0.5) is 5.69 Å². The van der Waals surface area contributed by atoms with Gasteiger partial charge in [0.2, 0.25) is 10.0 Å². The molecule has 0 aromatic heterocycles. The van der Waals surface area contributed by atoms with Gasteiger partial charge in [-0.1, -0.05) is 24.6 Å². The maximum absolute atomic E-state index is 13.1. The number of amides is 1. The molecule has 1 saturated heterocycles. The number of carbonyl (C=O) groups is 1. The number of rotatable bonds is 7. The topological polar surface area (TPSA) is 79.0 Å². The van der Waals surface area contributed by atoms with E-state index >= 15 is 0 Å². The first-order chi connectivity index (χ1) is 14.3. The summed E-state index contributed by atoms with van der Waals surface area (Å²) in [7, 11) is -3.68. The van der Waals surface area contributed by atoms with Gasteiger partial charge in [-0.05, 0) is 49.9 Å². The van der Waals surface area contributed by atoms with Crippen LogP contribution in [0.3, 0.4) is 0 Å². The third kappa shape index (κ3) is 5.13. The van der Waals surface area contributed by atoms with E-state index in [1.54, 1.807) is 30.3 Å². The van der Waals surface area contributed by atoms with Gasteiger partial charge in [-0.2, -0.15) is 4.31 Å². The SMILES string of the molecule is CCOc1ccc(S(=O)(=O)N2CCN(CC)CC2)cc1NC(=O)c1cccc(Cl)c1. The van der Waals surface area contributed by atoms with Crippen molar-refractivity contribution >= 4 is 33.2 Å². The van der Waals surface area contributed by atoms with Gasteiger partial charge in [-0.15, -0.1) is 0 Å². The van der Waals surface area contributed by atoms with E-state index in [-0.39, 0.29) is 4.90 Å². The van der Waals surface area contributed by atoms with Crippen molar-refractivity contribution in [2.24, 2.45) is 0 Å². The van der Waals surface area contributed by atoms with Gasteiger partial charge in [0.15, 0.2) is 0 Å². The predicted octanol–water partition coefficient (Wildman–Crippen LogP) is 3.32. The number of sulfonamides is 1. The zero-order valence-corrected chi connectivity index (χ0v) is 18.7. The monoisotopic (exact) mass is 451 g/mol. The normalized spacial score (nSPS) is 15.7. The van der Waals surface area contributed by atoms with Crippen LogP contribution < -0.4 is 10.1 Å². The lowest BCUT2D eigenvalue weighted by atomic mass is 10.2. The lowest BCUT2D eigenvalue weighted by Gasteiger charge is -2.33. The van der Waals surface area contributed by atoms with E-state index < -0.39 is 15.9 Å². The first kappa shape index (κ1) is 22.6. The molecule has 1 heterocycles. The number of nitrogens with zero attached hydrogens (tertiary/aromatic N) is 2. The number of likely N-dealkylation sites (N-methyl/N-ethyl adjacent to an activating group) is 1. The largest absolute Gasteiger partial charge is 0.492 e. The Bertz CT molecular complexity index is 1010. The van der Waals surface area contributed by atoms with Crippen molar-refractivity contribution in [3.05, 3.63) is 53.1 Å². The Morgan fingerprint density at radius 3 is 2.47 bits per heavy atom. The molecule has 1 N–H and O–H groups in total. The van der Waals surface area contributed by atoms with Gasteiger partial charge in [0.1, 0.15) is 5.75 Å². The fourth-order valence-corrected chi connectivity index (χ4v) is 4.95. The summed E-state index contributed by atoms with van der Waals surface area (Å²) >= 11 is 5.97. The van der Waals surface area contributed by atoms with Crippen LogP contribution in [-0.2, 0) is 10.0 Å². The first-order valence-electron chi connectivity index (χ1n) is 9.91. The molecular formula is C21H26ClN3O4S. The molecule has 30 heavy (non-hydrogen) atoms. The number of hydrogen-bond acceptors (Lipinski definition) is 5. The Morgan fingerprint density at radius 2 is 1.83 bits per heavy atom. The van der Waals surface area contributed by atoms with Crippen molar-refractivity contribution in [3.63, 3.8) is 0 Å². The van der Waals surface area contributed by atoms with Crippen LogP contribution in [0.25, 0.3) is 0 Å². The second kappa shape index (κ2) is 9.78. The summed E-state index contributed by atoms with van der Waals surface area (Å²) in [5.41, 5.74) is 0.670. The molecular weight excluding hydrogens is 426 g/mol. The standard InChI is InChI=1S/C21H26ClN3O4S/c1-3-24-10-12-25(13-11-24)30(27,28)18-8-9-20(29-4-2)19(15-18)23-21(26)16-6-5-7-17(22)14-16/h5-9,14-15H,3-4,10-13H2,1-2H3,(H,23,26). The zero-order valence-electron chi connectivity index (χ0n) is 17.1. The molecule has 7 nitrogen and oxygen atoms in total. The molecule has 1 aliphatic heterocycles. The van der Waals surface area contributed by atoms with E-state index in [1.165, 1.54) is 16.4 Å². The Morgan fingerprint density at radius 1 is 1.10 bits per heavy atom. The minimum Gasteiger partial charge on any atom is -0.492 e. The maximum atomic E-state index is 13.1. The molecule has 0 bridgehead atoms. The van der Waals surface area contributed by atoms with Gasteiger partial charge >= 0.3 is 0 Å². The Balaban J connectivity index is 1.88. The van der Waals surface area contributed by atoms with Crippen LogP contribution in [0.15, 0.2) is 47.4 Å². The number of nitrogens with one attached hydrogen (secondary N) is 1. The molecule has 0 radical (unpaired) electrons. The highest BCUT2D eigenvalue weighted by molar-refractivity contribution is 7.89. The number of anilines is 1. The molecule has 9 heteroatoms. The summed E-state index contributed by atoms with van der Waals surface area (Å²) < 4.78 is 33.3. The third-order valence-corrected chi connectivity index (χ3v) is 7.13.